The van der Waals surface area contributed by atoms with Gasteiger partial charge in [0.1, 0.15) is 5.75 Å². The summed E-state index contributed by atoms with van der Waals surface area (Å²) in [5.74, 6) is 1.85. The van der Waals surface area contributed by atoms with E-state index in [1.54, 1.807) is 7.11 Å². The van der Waals surface area contributed by atoms with Crippen LogP contribution in [-0.4, -0.2) is 69.1 Å². The lowest BCUT2D eigenvalue weighted by atomic mass is 9.95. The van der Waals surface area contributed by atoms with Crippen LogP contribution in [0.15, 0.2) is 29.3 Å². The Labute approximate surface area is 168 Å². The van der Waals surface area contributed by atoms with Crippen LogP contribution in [0.3, 0.4) is 0 Å². The van der Waals surface area contributed by atoms with Crippen LogP contribution in [-0.2, 0) is 4.79 Å². The van der Waals surface area contributed by atoms with Gasteiger partial charge in [0.15, 0.2) is 5.96 Å². The zero-order valence-electron chi connectivity index (χ0n) is 17.6. The van der Waals surface area contributed by atoms with Gasteiger partial charge in [-0.2, -0.15) is 0 Å². The molecule has 0 aromatic heterocycles. The zero-order valence-corrected chi connectivity index (χ0v) is 17.6. The van der Waals surface area contributed by atoms with Crippen molar-refractivity contribution in [1.29, 1.82) is 0 Å². The highest BCUT2D eigenvalue weighted by Crippen LogP contribution is 2.23. The van der Waals surface area contributed by atoms with Gasteiger partial charge in [0.2, 0.25) is 5.91 Å². The minimum Gasteiger partial charge on any atom is -0.497 e. The molecule has 0 spiro atoms. The summed E-state index contributed by atoms with van der Waals surface area (Å²) in [5.41, 5.74) is 6.61. The molecule has 1 fully saturated rings. The predicted molar refractivity (Wildman–Crippen MR) is 114 cm³/mol. The summed E-state index contributed by atoms with van der Waals surface area (Å²) >= 11 is 0. The highest BCUT2D eigenvalue weighted by atomic mass is 16.5. The van der Waals surface area contributed by atoms with E-state index in [1.165, 1.54) is 5.56 Å². The van der Waals surface area contributed by atoms with Gasteiger partial charge in [0, 0.05) is 26.1 Å². The Morgan fingerprint density at radius 2 is 2.11 bits per heavy atom. The van der Waals surface area contributed by atoms with E-state index in [-0.39, 0.29) is 11.9 Å². The van der Waals surface area contributed by atoms with Crippen LogP contribution < -0.4 is 15.8 Å². The Balaban J connectivity index is 2.12. The van der Waals surface area contributed by atoms with Crippen LogP contribution in [0.2, 0.25) is 0 Å². The number of hydrogen-bond donors (Lipinski definition) is 2. The summed E-state index contributed by atoms with van der Waals surface area (Å²) in [7, 11) is 5.82. The maximum Gasteiger partial charge on any atom is 0.217 e. The van der Waals surface area contributed by atoms with Gasteiger partial charge in [0.25, 0.3) is 0 Å². The number of hydrogen-bond acceptors (Lipinski definition) is 4. The molecule has 0 bridgehead atoms. The highest BCUT2D eigenvalue weighted by Gasteiger charge is 2.24. The number of carbonyl (C=O) groups is 1. The summed E-state index contributed by atoms with van der Waals surface area (Å²) < 4.78 is 5.27. The Morgan fingerprint density at radius 3 is 2.68 bits per heavy atom. The number of guanidine groups is 1. The van der Waals surface area contributed by atoms with Gasteiger partial charge in [-0.3, -0.25) is 9.79 Å². The second-order valence-corrected chi connectivity index (χ2v) is 7.57. The van der Waals surface area contributed by atoms with Gasteiger partial charge in [-0.15, -0.1) is 0 Å². The molecule has 0 saturated carbocycles. The number of ether oxygens (including phenoxy) is 1. The van der Waals surface area contributed by atoms with E-state index in [1.807, 2.05) is 12.1 Å². The molecule has 156 valence electrons. The molecule has 1 heterocycles. The molecule has 28 heavy (non-hydrogen) atoms. The molecule has 1 amide bonds. The number of piperidine rings is 1. The molecular formula is C21H35N5O2. The van der Waals surface area contributed by atoms with E-state index >= 15 is 0 Å². The second kappa shape index (κ2) is 10.9. The van der Waals surface area contributed by atoms with Crippen LogP contribution in [0.5, 0.6) is 5.75 Å². The fraction of sp³-hybridized carbons (Fsp3) is 0.619. The van der Waals surface area contributed by atoms with Crippen LogP contribution in [0.1, 0.15) is 37.8 Å². The van der Waals surface area contributed by atoms with Crippen LogP contribution in [0.4, 0.5) is 0 Å². The fourth-order valence-electron chi connectivity index (χ4n) is 3.70. The van der Waals surface area contributed by atoms with E-state index in [0.717, 1.165) is 44.2 Å². The number of methoxy groups -OCH3 is 1. The second-order valence-electron chi connectivity index (χ2n) is 7.57. The van der Waals surface area contributed by atoms with Crippen molar-refractivity contribution in [1.82, 2.24) is 15.1 Å². The number of likely N-dealkylation sites (tertiary alicyclic amines) is 1. The Kier molecular flexibility index (Phi) is 8.57. The van der Waals surface area contributed by atoms with Crippen molar-refractivity contribution in [3.8, 4) is 5.75 Å². The van der Waals surface area contributed by atoms with E-state index in [2.05, 4.69) is 48.3 Å². The quantitative estimate of drug-likeness (QED) is 0.524. The maximum atomic E-state index is 11.3. The summed E-state index contributed by atoms with van der Waals surface area (Å²) in [6, 6.07) is 8.33. The first-order valence-corrected chi connectivity index (χ1v) is 10.1. The minimum absolute atomic E-state index is 0.172. The van der Waals surface area contributed by atoms with Gasteiger partial charge in [0.05, 0.1) is 19.7 Å². The van der Waals surface area contributed by atoms with Crippen LogP contribution in [0, 0.1) is 5.92 Å². The summed E-state index contributed by atoms with van der Waals surface area (Å²) in [4.78, 5) is 20.7. The lowest BCUT2D eigenvalue weighted by Crippen LogP contribution is -2.47. The van der Waals surface area contributed by atoms with Gasteiger partial charge >= 0.3 is 0 Å². The third-order valence-electron chi connectivity index (χ3n) is 5.18. The van der Waals surface area contributed by atoms with Crippen molar-refractivity contribution < 1.29 is 9.53 Å². The molecule has 0 radical (unpaired) electrons. The summed E-state index contributed by atoms with van der Waals surface area (Å²) in [5, 5.41) is 3.41. The average molecular weight is 390 g/mol. The number of aliphatic imine (C=N–C) groups is 1. The SMILES string of the molecule is CCNC(=NCC(c1ccc(OC)cc1)N(C)C)N1CCCC(CC(N)=O)C1. The summed E-state index contributed by atoms with van der Waals surface area (Å²) in [6.07, 6.45) is 2.55. The number of likely N-dealkylation sites (N-methyl/N-ethyl adjacent to an activating group) is 1. The van der Waals surface area contributed by atoms with Crippen molar-refractivity contribution in [2.24, 2.45) is 16.6 Å². The third kappa shape index (κ3) is 6.41. The maximum absolute atomic E-state index is 11.3. The lowest BCUT2D eigenvalue weighted by Gasteiger charge is -2.35. The van der Waals surface area contributed by atoms with E-state index in [9.17, 15) is 4.79 Å². The molecule has 2 atom stereocenters. The number of carbonyl (C=O) groups excluding carboxylic acids is 1. The molecular weight excluding hydrogens is 354 g/mol. The number of rotatable bonds is 8. The van der Waals surface area contributed by atoms with Gasteiger partial charge in [-0.25, -0.2) is 0 Å². The van der Waals surface area contributed by atoms with Gasteiger partial charge < -0.3 is 25.6 Å². The molecule has 1 aromatic carbocycles. The molecule has 1 aliphatic rings. The van der Waals surface area contributed by atoms with Gasteiger partial charge in [-0.05, 0) is 57.5 Å². The highest BCUT2D eigenvalue weighted by molar-refractivity contribution is 5.80. The number of nitrogens with one attached hydrogen (secondary N) is 1. The minimum atomic E-state index is -0.221. The van der Waals surface area contributed by atoms with Gasteiger partial charge in [-0.1, -0.05) is 12.1 Å². The average Bonchev–Trinajstić information content (AvgIpc) is 2.67. The van der Waals surface area contributed by atoms with E-state index < -0.39 is 0 Å². The molecule has 3 N–H and O–H groups in total. The first-order chi connectivity index (χ1) is 13.4. The topological polar surface area (TPSA) is 83.2 Å². The molecule has 1 saturated heterocycles. The summed E-state index contributed by atoms with van der Waals surface area (Å²) in [6.45, 7) is 5.32. The smallest absolute Gasteiger partial charge is 0.217 e. The van der Waals surface area contributed by atoms with Crippen molar-refractivity contribution in [3.63, 3.8) is 0 Å². The Hall–Kier alpha value is -2.28. The van der Waals surface area contributed by atoms with Crippen molar-refractivity contribution >= 4 is 11.9 Å². The molecule has 1 aliphatic heterocycles. The van der Waals surface area contributed by atoms with Crippen LogP contribution in [0.25, 0.3) is 0 Å². The molecule has 2 unspecified atom stereocenters. The Morgan fingerprint density at radius 1 is 1.39 bits per heavy atom. The molecule has 2 rings (SSSR count). The standard InChI is InChI=1S/C21H35N5O2/c1-5-23-21(26-12-6-7-16(15-26)13-20(22)27)24-14-19(25(2)3)17-8-10-18(28-4)11-9-17/h8-11,16,19H,5-7,12-15H2,1-4H3,(H2,22,27)(H,23,24). The first kappa shape index (κ1) is 22.0. The number of primary amides is 1. The zero-order chi connectivity index (χ0) is 20.5. The number of nitrogens with two attached hydrogens (primary N) is 1. The van der Waals surface area contributed by atoms with Crippen LogP contribution >= 0.6 is 0 Å². The predicted octanol–water partition coefficient (Wildman–Crippen LogP) is 1.85. The monoisotopic (exact) mass is 389 g/mol. The van der Waals surface area contributed by atoms with Crippen molar-refractivity contribution in [2.45, 2.75) is 32.2 Å². The normalized spacial score (nSPS) is 18.8. The number of nitrogens with zero attached hydrogens (tertiary/aromatic N) is 3. The molecule has 7 nitrogen and oxygen atoms in total. The van der Waals surface area contributed by atoms with E-state index in [0.29, 0.717) is 18.9 Å². The molecule has 1 aromatic rings. The van der Waals surface area contributed by atoms with Crippen molar-refractivity contribution in [2.75, 3.05) is 47.4 Å². The third-order valence-corrected chi connectivity index (χ3v) is 5.18. The first-order valence-electron chi connectivity index (χ1n) is 10.1. The number of benzene rings is 1. The largest absolute Gasteiger partial charge is 0.497 e. The van der Waals surface area contributed by atoms with Crippen molar-refractivity contribution in [3.05, 3.63) is 29.8 Å². The Bertz CT molecular complexity index is 645. The number of amides is 1. The van der Waals surface area contributed by atoms with E-state index in [4.69, 9.17) is 15.5 Å². The molecule has 7 heteroatoms. The lowest BCUT2D eigenvalue weighted by molar-refractivity contribution is -0.119. The molecule has 0 aliphatic carbocycles. The fourth-order valence-corrected chi connectivity index (χ4v) is 3.70.